The van der Waals surface area contributed by atoms with Crippen molar-refractivity contribution in [3.05, 3.63) is 71.0 Å². The number of nitrogens with one attached hydrogen (secondary N) is 1. The van der Waals surface area contributed by atoms with E-state index in [1.165, 1.54) is 17.3 Å². The van der Waals surface area contributed by atoms with Crippen LogP contribution in [0.4, 0.5) is 0 Å². The lowest BCUT2D eigenvalue weighted by molar-refractivity contribution is -0.120. The van der Waals surface area contributed by atoms with Crippen LogP contribution in [-0.2, 0) is 17.8 Å². The molecule has 1 amide bonds. The first-order valence-corrected chi connectivity index (χ1v) is 12.6. The average Bonchev–Trinajstić information content (AvgIpc) is 3.22. The van der Waals surface area contributed by atoms with Gasteiger partial charge in [-0.1, -0.05) is 79.7 Å². The number of rotatable bonds is 12. The summed E-state index contributed by atoms with van der Waals surface area (Å²) >= 11 is 7.65. The van der Waals surface area contributed by atoms with Crippen LogP contribution < -0.4 is 10.1 Å². The van der Waals surface area contributed by atoms with Crippen LogP contribution in [0.5, 0.6) is 5.75 Å². The highest BCUT2D eigenvalue weighted by Gasteiger charge is 2.23. The van der Waals surface area contributed by atoms with Gasteiger partial charge in [0.1, 0.15) is 12.4 Å². The molecule has 1 atom stereocenters. The van der Waals surface area contributed by atoms with Crippen molar-refractivity contribution >= 4 is 29.3 Å². The maximum absolute atomic E-state index is 12.7. The van der Waals surface area contributed by atoms with Crippen molar-refractivity contribution in [3.63, 3.8) is 0 Å². The minimum absolute atomic E-state index is 0.0103. The van der Waals surface area contributed by atoms with Crippen LogP contribution >= 0.6 is 23.4 Å². The third-order valence-electron chi connectivity index (χ3n) is 5.44. The number of benzene rings is 2. The van der Waals surface area contributed by atoms with Gasteiger partial charge in [0.2, 0.25) is 5.91 Å². The summed E-state index contributed by atoms with van der Waals surface area (Å²) in [6.45, 7) is 7.03. The van der Waals surface area contributed by atoms with E-state index in [-0.39, 0.29) is 23.8 Å². The lowest BCUT2D eigenvalue weighted by Crippen LogP contribution is -2.32. The van der Waals surface area contributed by atoms with Gasteiger partial charge >= 0.3 is 0 Å². The summed E-state index contributed by atoms with van der Waals surface area (Å²) in [5.41, 5.74) is 1.20. The van der Waals surface area contributed by atoms with E-state index in [4.69, 9.17) is 16.3 Å². The molecule has 0 spiro atoms. The molecule has 3 rings (SSSR count). The Morgan fingerprint density at radius 2 is 1.79 bits per heavy atom. The van der Waals surface area contributed by atoms with Crippen LogP contribution in [-0.4, -0.2) is 32.5 Å². The highest BCUT2D eigenvalue weighted by atomic mass is 35.5. The molecule has 0 fully saturated rings. The topological polar surface area (TPSA) is 69.0 Å². The fourth-order valence-corrected chi connectivity index (χ4v) is 4.69. The largest absolute Gasteiger partial charge is 0.484 e. The van der Waals surface area contributed by atoms with E-state index in [2.05, 4.69) is 46.1 Å². The lowest BCUT2D eigenvalue weighted by Gasteiger charge is -2.20. The maximum Gasteiger partial charge on any atom is 0.233 e. The van der Waals surface area contributed by atoms with E-state index in [0.717, 1.165) is 30.2 Å². The molecule has 0 bridgehead atoms. The molecule has 2 aromatic carbocycles. The molecule has 1 N–H and O–H groups in total. The van der Waals surface area contributed by atoms with Gasteiger partial charge in [0.15, 0.2) is 11.0 Å². The molecule has 0 saturated carbocycles. The van der Waals surface area contributed by atoms with Gasteiger partial charge < -0.3 is 14.6 Å². The molecule has 1 unspecified atom stereocenters. The van der Waals surface area contributed by atoms with Gasteiger partial charge in [0.25, 0.3) is 0 Å². The van der Waals surface area contributed by atoms with Crippen molar-refractivity contribution < 1.29 is 9.53 Å². The van der Waals surface area contributed by atoms with E-state index in [1.807, 2.05) is 43.3 Å². The van der Waals surface area contributed by atoms with E-state index in [9.17, 15) is 4.79 Å². The first-order chi connectivity index (χ1) is 16.0. The minimum atomic E-state index is -0.296. The number of hydrogen-bond donors (Lipinski definition) is 1. The minimum Gasteiger partial charge on any atom is -0.484 e. The van der Waals surface area contributed by atoms with Crippen LogP contribution in [0.3, 0.4) is 0 Å². The molecule has 0 radical (unpaired) electrons. The van der Waals surface area contributed by atoms with Gasteiger partial charge in [0, 0.05) is 12.6 Å². The zero-order chi connectivity index (χ0) is 23.6. The molecular formula is C25H31ClN4O2S. The summed E-state index contributed by atoms with van der Waals surface area (Å²) < 4.78 is 8.03. The molecule has 0 aliphatic carbocycles. The quantitative estimate of drug-likeness (QED) is 0.332. The number of para-hydroxylation sites is 1. The smallest absolute Gasteiger partial charge is 0.233 e. The van der Waals surface area contributed by atoms with Crippen LogP contribution in [0.25, 0.3) is 0 Å². The average molecular weight is 487 g/mol. The Morgan fingerprint density at radius 1 is 1.09 bits per heavy atom. The number of ether oxygens (including phenoxy) is 1. The first kappa shape index (κ1) is 25.1. The molecule has 1 aromatic heterocycles. The summed E-state index contributed by atoms with van der Waals surface area (Å²) in [4.78, 5) is 12.7. The van der Waals surface area contributed by atoms with Crippen molar-refractivity contribution in [3.8, 4) is 5.75 Å². The van der Waals surface area contributed by atoms with Crippen LogP contribution in [0.15, 0.2) is 59.8 Å². The van der Waals surface area contributed by atoms with Gasteiger partial charge in [-0.3, -0.25) is 4.79 Å². The Balaban J connectivity index is 1.65. The second-order valence-corrected chi connectivity index (χ2v) is 9.46. The van der Waals surface area contributed by atoms with Gasteiger partial charge in [0.05, 0.1) is 10.3 Å². The number of thioether (sulfide) groups is 1. The second kappa shape index (κ2) is 12.7. The molecule has 0 aliphatic heterocycles. The Morgan fingerprint density at radius 3 is 2.48 bits per heavy atom. The number of carbonyl (C=O) groups excluding carboxylic acids is 1. The standard InChI is InChI=1S/C25H31ClN4O2S/c1-4-20(5-2)30-23(17-32-22-14-10-9-13-21(22)26)28-29-25(30)33-18(3)24(31)27-16-15-19-11-7-6-8-12-19/h6-14,18,20H,4-5,15-17H2,1-3H3,(H,27,31). The predicted molar refractivity (Wildman–Crippen MR) is 134 cm³/mol. The van der Waals surface area contributed by atoms with Crippen molar-refractivity contribution in [2.75, 3.05) is 6.54 Å². The zero-order valence-electron chi connectivity index (χ0n) is 19.3. The summed E-state index contributed by atoms with van der Waals surface area (Å²) in [6, 6.07) is 17.7. The maximum atomic E-state index is 12.7. The first-order valence-electron chi connectivity index (χ1n) is 11.3. The number of nitrogens with zero attached hydrogens (tertiary/aromatic N) is 3. The number of hydrogen-bond acceptors (Lipinski definition) is 5. The Labute approximate surface area is 205 Å². The number of halogens is 1. The van der Waals surface area contributed by atoms with Gasteiger partial charge in [-0.2, -0.15) is 0 Å². The van der Waals surface area contributed by atoms with E-state index < -0.39 is 0 Å². The molecule has 6 nitrogen and oxygen atoms in total. The van der Waals surface area contributed by atoms with Crippen molar-refractivity contribution in [2.45, 2.75) is 63.1 Å². The van der Waals surface area contributed by atoms with E-state index >= 15 is 0 Å². The monoisotopic (exact) mass is 486 g/mol. The number of carbonyl (C=O) groups is 1. The predicted octanol–water partition coefficient (Wildman–Crippen LogP) is 5.71. The fraction of sp³-hybridized carbons (Fsp3) is 0.400. The molecule has 1 heterocycles. The molecule has 3 aromatic rings. The molecular weight excluding hydrogens is 456 g/mol. The van der Waals surface area contributed by atoms with Crippen LogP contribution in [0, 0.1) is 0 Å². The summed E-state index contributed by atoms with van der Waals surface area (Å²) in [5, 5.41) is 12.8. The van der Waals surface area contributed by atoms with Gasteiger partial charge in [-0.05, 0) is 43.9 Å². The fourth-order valence-electron chi connectivity index (χ4n) is 3.54. The normalized spacial score (nSPS) is 12.0. The second-order valence-electron chi connectivity index (χ2n) is 7.74. The zero-order valence-corrected chi connectivity index (χ0v) is 20.9. The molecule has 33 heavy (non-hydrogen) atoms. The highest BCUT2D eigenvalue weighted by molar-refractivity contribution is 8.00. The lowest BCUT2D eigenvalue weighted by atomic mass is 10.1. The molecule has 0 saturated heterocycles. The third-order valence-corrected chi connectivity index (χ3v) is 6.81. The van der Waals surface area contributed by atoms with Crippen molar-refractivity contribution in [1.82, 2.24) is 20.1 Å². The van der Waals surface area contributed by atoms with E-state index in [1.54, 1.807) is 6.07 Å². The number of amides is 1. The van der Waals surface area contributed by atoms with Crippen molar-refractivity contribution in [2.24, 2.45) is 0 Å². The van der Waals surface area contributed by atoms with Gasteiger partial charge in [-0.15, -0.1) is 10.2 Å². The van der Waals surface area contributed by atoms with E-state index in [0.29, 0.717) is 17.3 Å². The summed E-state index contributed by atoms with van der Waals surface area (Å²) in [6.07, 6.45) is 2.66. The van der Waals surface area contributed by atoms with Crippen molar-refractivity contribution in [1.29, 1.82) is 0 Å². The highest BCUT2D eigenvalue weighted by Crippen LogP contribution is 2.30. The Kier molecular flexibility index (Phi) is 9.63. The molecule has 0 aliphatic rings. The van der Waals surface area contributed by atoms with Crippen LogP contribution in [0.1, 0.15) is 51.0 Å². The number of aromatic nitrogens is 3. The summed E-state index contributed by atoms with van der Waals surface area (Å²) in [7, 11) is 0. The molecule has 8 heteroatoms. The Hall–Kier alpha value is -2.51. The van der Waals surface area contributed by atoms with Gasteiger partial charge in [-0.25, -0.2) is 0 Å². The van der Waals surface area contributed by atoms with Crippen LogP contribution in [0.2, 0.25) is 5.02 Å². The molecule has 176 valence electrons. The summed E-state index contributed by atoms with van der Waals surface area (Å²) in [5.74, 6) is 1.32. The SMILES string of the molecule is CCC(CC)n1c(COc2ccccc2Cl)nnc1SC(C)C(=O)NCCc1ccccc1. The Bertz CT molecular complexity index is 1020. The third kappa shape index (κ3) is 6.98.